The summed E-state index contributed by atoms with van der Waals surface area (Å²) < 4.78 is 12.9. The quantitative estimate of drug-likeness (QED) is 0.718. The molecule has 0 aliphatic carbocycles. The fourth-order valence-corrected chi connectivity index (χ4v) is 2.44. The fourth-order valence-electron chi connectivity index (χ4n) is 2.44. The molecule has 0 aliphatic rings. The van der Waals surface area contributed by atoms with Gasteiger partial charge in [-0.15, -0.1) is 0 Å². The summed E-state index contributed by atoms with van der Waals surface area (Å²) in [7, 11) is 0. The van der Waals surface area contributed by atoms with Crippen LogP contribution in [0.15, 0.2) is 60.8 Å². The summed E-state index contributed by atoms with van der Waals surface area (Å²) in [4.78, 5) is 16.4. The normalized spacial score (nSPS) is 10.4. The minimum absolute atomic E-state index is 0.288. The first-order valence-electron chi connectivity index (χ1n) is 7.88. The molecular formula is C20H18FN3O. The van der Waals surface area contributed by atoms with E-state index in [1.807, 2.05) is 26.0 Å². The molecule has 0 saturated carbocycles. The molecule has 0 fully saturated rings. The zero-order valence-electron chi connectivity index (χ0n) is 14.0. The molecule has 0 spiro atoms. The second-order valence-corrected chi connectivity index (χ2v) is 5.84. The van der Waals surface area contributed by atoms with E-state index < -0.39 is 0 Å². The van der Waals surface area contributed by atoms with Crippen molar-refractivity contribution in [2.75, 3.05) is 10.6 Å². The number of carbonyl (C=O) groups is 1. The lowest BCUT2D eigenvalue weighted by molar-refractivity contribution is 0.102. The maximum absolute atomic E-state index is 12.9. The summed E-state index contributed by atoms with van der Waals surface area (Å²) in [6, 6.07) is 15.2. The van der Waals surface area contributed by atoms with E-state index in [4.69, 9.17) is 0 Å². The maximum Gasteiger partial charge on any atom is 0.274 e. The van der Waals surface area contributed by atoms with Crippen molar-refractivity contribution in [2.45, 2.75) is 13.8 Å². The number of aromatic nitrogens is 1. The molecule has 2 aromatic carbocycles. The molecule has 3 aromatic rings. The Balaban J connectivity index is 1.69. The smallest absolute Gasteiger partial charge is 0.274 e. The number of hydrogen-bond acceptors (Lipinski definition) is 3. The molecule has 0 aliphatic heterocycles. The van der Waals surface area contributed by atoms with E-state index in [2.05, 4.69) is 21.7 Å². The summed E-state index contributed by atoms with van der Waals surface area (Å²) in [5.41, 5.74) is 4.94. The van der Waals surface area contributed by atoms with Gasteiger partial charge in [-0.3, -0.25) is 4.79 Å². The van der Waals surface area contributed by atoms with Crippen molar-refractivity contribution in [3.05, 3.63) is 83.4 Å². The second-order valence-electron chi connectivity index (χ2n) is 5.84. The predicted molar refractivity (Wildman–Crippen MR) is 97.8 cm³/mol. The van der Waals surface area contributed by atoms with Gasteiger partial charge in [-0.1, -0.05) is 17.7 Å². The summed E-state index contributed by atoms with van der Waals surface area (Å²) in [5.74, 6) is -0.692. The highest BCUT2D eigenvalue weighted by Crippen LogP contribution is 2.21. The zero-order chi connectivity index (χ0) is 17.8. The molecule has 4 nitrogen and oxygen atoms in total. The van der Waals surface area contributed by atoms with Crippen molar-refractivity contribution in [3.63, 3.8) is 0 Å². The Hall–Kier alpha value is -3.21. The van der Waals surface area contributed by atoms with Crippen LogP contribution < -0.4 is 10.6 Å². The topological polar surface area (TPSA) is 54.0 Å². The number of anilines is 3. The average molecular weight is 335 g/mol. The van der Waals surface area contributed by atoms with Crippen LogP contribution in [0.1, 0.15) is 21.6 Å². The van der Waals surface area contributed by atoms with Crippen molar-refractivity contribution >= 4 is 23.0 Å². The molecule has 3 rings (SSSR count). The molecule has 0 saturated heterocycles. The van der Waals surface area contributed by atoms with Gasteiger partial charge in [0.25, 0.3) is 5.91 Å². The van der Waals surface area contributed by atoms with Crippen LogP contribution in [-0.4, -0.2) is 10.9 Å². The number of hydrogen-bond donors (Lipinski definition) is 2. The summed E-state index contributed by atoms with van der Waals surface area (Å²) in [6.45, 7) is 4.08. The van der Waals surface area contributed by atoms with E-state index in [0.717, 1.165) is 16.9 Å². The molecule has 5 heteroatoms. The fraction of sp³-hybridized carbons (Fsp3) is 0.100. The van der Waals surface area contributed by atoms with Crippen LogP contribution >= 0.6 is 0 Å². The lowest BCUT2D eigenvalue weighted by Crippen LogP contribution is -2.13. The number of nitrogens with zero attached hydrogens (tertiary/aromatic N) is 1. The van der Waals surface area contributed by atoms with Gasteiger partial charge in [-0.25, -0.2) is 9.37 Å². The molecule has 2 N–H and O–H groups in total. The van der Waals surface area contributed by atoms with Crippen molar-refractivity contribution in [1.82, 2.24) is 4.98 Å². The molecule has 1 amide bonds. The molecule has 0 radical (unpaired) electrons. The van der Waals surface area contributed by atoms with Gasteiger partial charge < -0.3 is 10.6 Å². The summed E-state index contributed by atoms with van der Waals surface area (Å²) in [6.07, 6.45) is 1.61. The Labute approximate surface area is 145 Å². The Morgan fingerprint density at radius 2 is 1.68 bits per heavy atom. The number of halogens is 1. The number of pyridine rings is 1. The SMILES string of the molecule is Cc1ccc(Nc2ccc(C(=O)Nc3ccc(F)cc3)nc2)c(C)c1. The van der Waals surface area contributed by atoms with Crippen molar-refractivity contribution < 1.29 is 9.18 Å². The van der Waals surface area contributed by atoms with Gasteiger partial charge in [0.2, 0.25) is 0 Å². The van der Waals surface area contributed by atoms with Gasteiger partial charge >= 0.3 is 0 Å². The van der Waals surface area contributed by atoms with Crippen molar-refractivity contribution in [2.24, 2.45) is 0 Å². The van der Waals surface area contributed by atoms with Gasteiger partial charge in [0, 0.05) is 11.4 Å². The third-order valence-corrected chi connectivity index (χ3v) is 3.76. The van der Waals surface area contributed by atoms with Crippen molar-refractivity contribution in [3.8, 4) is 0 Å². The standard InChI is InChI=1S/C20H18FN3O/c1-13-3-9-18(14(2)11-13)23-17-8-10-19(22-12-17)20(25)24-16-6-4-15(21)5-7-16/h3-12,23H,1-2H3,(H,24,25). The largest absolute Gasteiger partial charge is 0.354 e. The van der Waals surface area contributed by atoms with Crippen molar-refractivity contribution in [1.29, 1.82) is 0 Å². The van der Waals surface area contributed by atoms with E-state index in [1.54, 1.807) is 18.3 Å². The molecule has 25 heavy (non-hydrogen) atoms. The molecule has 0 unspecified atom stereocenters. The second kappa shape index (κ2) is 7.13. The van der Waals surface area contributed by atoms with Gasteiger partial charge in [-0.05, 0) is 61.9 Å². The summed E-state index contributed by atoms with van der Waals surface area (Å²) >= 11 is 0. The lowest BCUT2D eigenvalue weighted by Gasteiger charge is -2.10. The van der Waals surface area contributed by atoms with Crippen LogP contribution in [-0.2, 0) is 0 Å². The number of nitrogens with one attached hydrogen (secondary N) is 2. The van der Waals surface area contributed by atoms with Crippen LogP contribution in [0.4, 0.5) is 21.5 Å². The third-order valence-electron chi connectivity index (χ3n) is 3.76. The van der Waals surface area contributed by atoms with Crippen LogP contribution in [0.3, 0.4) is 0 Å². The molecule has 0 atom stereocenters. The maximum atomic E-state index is 12.9. The lowest BCUT2D eigenvalue weighted by atomic mass is 10.1. The van der Waals surface area contributed by atoms with Crippen LogP contribution in [0.25, 0.3) is 0 Å². The van der Waals surface area contributed by atoms with E-state index >= 15 is 0 Å². The first-order chi connectivity index (χ1) is 12.0. The third kappa shape index (κ3) is 4.20. The Bertz CT molecular complexity index is 890. The van der Waals surface area contributed by atoms with E-state index in [1.165, 1.54) is 29.8 Å². The first kappa shape index (κ1) is 16.6. The molecular weight excluding hydrogens is 317 g/mol. The highest BCUT2D eigenvalue weighted by Gasteiger charge is 2.08. The number of carbonyl (C=O) groups excluding carboxylic acids is 1. The Morgan fingerprint density at radius 1 is 0.960 bits per heavy atom. The van der Waals surface area contributed by atoms with Crippen LogP contribution in [0.2, 0.25) is 0 Å². The number of benzene rings is 2. The van der Waals surface area contributed by atoms with E-state index in [0.29, 0.717) is 5.69 Å². The molecule has 1 heterocycles. The van der Waals surface area contributed by atoms with Crippen LogP contribution in [0, 0.1) is 19.7 Å². The Morgan fingerprint density at radius 3 is 2.32 bits per heavy atom. The zero-order valence-corrected chi connectivity index (χ0v) is 14.0. The van der Waals surface area contributed by atoms with Gasteiger partial charge in [0.1, 0.15) is 11.5 Å². The Kier molecular flexibility index (Phi) is 4.75. The summed E-state index contributed by atoms with van der Waals surface area (Å²) in [5, 5.41) is 5.97. The van der Waals surface area contributed by atoms with Gasteiger partial charge in [0.05, 0.1) is 11.9 Å². The highest BCUT2D eigenvalue weighted by molar-refractivity contribution is 6.02. The molecule has 1 aromatic heterocycles. The van der Waals surface area contributed by atoms with Crippen LogP contribution in [0.5, 0.6) is 0 Å². The minimum atomic E-state index is -0.349. The number of amides is 1. The minimum Gasteiger partial charge on any atom is -0.354 e. The average Bonchev–Trinajstić information content (AvgIpc) is 2.60. The van der Waals surface area contributed by atoms with E-state index in [9.17, 15) is 9.18 Å². The number of rotatable bonds is 4. The predicted octanol–water partition coefficient (Wildman–Crippen LogP) is 4.83. The first-order valence-corrected chi connectivity index (χ1v) is 7.88. The van der Waals surface area contributed by atoms with Gasteiger partial charge in [0.15, 0.2) is 0 Å². The highest BCUT2D eigenvalue weighted by atomic mass is 19.1. The molecule has 126 valence electrons. The van der Waals surface area contributed by atoms with Gasteiger partial charge in [-0.2, -0.15) is 0 Å². The van der Waals surface area contributed by atoms with E-state index in [-0.39, 0.29) is 17.4 Å². The molecule has 0 bridgehead atoms. The number of aryl methyl sites for hydroxylation is 2. The monoisotopic (exact) mass is 335 g/mol.